The van der Waals surface area contributed by atoms with E-state index in [-0.39, 0.29) is 5.75 Å². The number of hydrogen-bond donors (Lipinski definition) is 1. The molecule has 1 heterocycles. The molecule has 16 heavy (non-hydrogen) atoms. The molecule has 0 aliphatic heterocycles. The molecule has 1 aromatic heterocycles. The van der Waals surface area contributed by atoms with Crippen LogP contribution >= 0.6 is 11.8 Å². The fourth-order valence-corrected chi connectivity index (χ4v) is 1.75. The van der Waals surface area contributed by atoms with Crippen molar-refractivity contribution in [2.45, 2.75) is 12.2 Å². The van der Waals surface area contributed by atoms with Crippen molar-refractivity contribution in [1.29, 1.82) is 0 Å². The van der Waals surface area contributed by atoms with Crippen molar-refractivity contribution < 1.29 is 9.63 Å². The Bertz CT molecular complexity index is 471. The molecule has 1 N–H and O–H groups in total. The molecule has 0 amide bonds. The topological polar surface area (TPSA) is 59.2 Å². The lowest BCUT2D eigenvalue weighted by atomic mass is 10.1. The Labute approximate surface area is 97.7 Å². The molecule has 0 atom stereocenters. The van der Waals surface area contributed by atoms with Crippen molar-refractivity contribution in [3.63, 3.8) is 0 Å². The van der Waals surface area contributed by atoms with Crippen molar-refractivity contribution >= 4 is 11.8 Å². The molecule has 0 aliphatic carbocycles. The van der Waals surface area contributed by atoms with Crippen LogP contribution in [0.1, 0.15) is 17.3 Å². The number of aromatic hydroxyl groups is 1. The van der Waals surface area contributed by atoms with Crippen LogP contribution in [0.3, 0.4) is 0 Å². The molecule has 2 aromatic rings. The molecular weight excluding hydrogens is 224 g/mol. The van der Waals surface area contributed by atoms with Crippen LogP contribution in [-0.4, -0.2) is 21.5 Å². The highest BCUT2D eigenvalue weighted by molar-refractivity contribution is 7.97. The smallest absolute Gasteiger partial charge is 0.231 e. The fourth-order valence-electron chi connectivity index (χ4n) is 1.37. The van der Waals surface area contributed by atoms with Gasteiger partial charge in [-0.05, 0) is 12.3 Å². The van der Waals surface area contributed by atoms with Crippen molar-refractivity contribution in [2.24, 2.45) is 0 Å². The van der Waals surface area contributed by atoms with E-state index in [0.717, 1.165) is 11.3 Å². The van der Waals surface area contributed by atoms with Crippen LogP contribution in [0.25, 0.3) is 0 Å². The second-order valence-electron chi connectivity index (χ2n) is 3.34. The molecule has 1 aromatic carbocycles. The van der Waals surface area contributed by atoms with Gasteiger partial charge >= 0.3 is 0 Å². The first-order chi connectivity index (χ1) is 7.79. The number of nitrogens with zero attached hydrogens (tertiary/aromatic N) is 2. The van der Waals surface area contributed by atoms with Crippen molar-refractivity contribution in [2.75, 3.05) is 6.26 Å². The predicted octanol–water partition coefficient (Wildman–Crippen LogP) is 2.23. The van der Waals surface area contributed by atoms with Crippen LogP contribution in [0.2, 0.25) is 0 Å². The summed E-state index contributed by atoms with van der Waals surface area (Å²) in [4.78, 5) is 4.23. The maximum absolute atomic E-state index is 9.59. The van der Waals surface area contributed by atoms with Crippen LogP contribution in [0.5, 0.6) is 5.75 Å². The molecule has 0 fully saturated rings. The first-order valence-corrected chi connectivity index (χ1v) is 6.26. The van der Waals surface area contributed by atoms with Gasteiger partial charge in [0.2, 0.25) is 5.89 Å². The third-order valence-electron chi connectivity index (χ3n) is 2.12. The highest BCUT2D eigenvalue weighted by atomic mass is 32.2. The van der Waals surface area contributed by atoms with Gasteiger partial charge in [-0.1, -0.05) is 23.4 Å². The summed E-state index contributed by atoms with van der Waals surface area (Å²) in [5, 5.41) is 13.4. The minimum Gasteiger partial charge on any atom is -0.508 e. The third kappa shape index (κ3) is 2.55. The summed E-state index contributed by atoms with van der Waals surface area (Å²) in [5.74, 6) is 2.22. The Morgan fingerprint density at radius 1 is 1.38 bits per heavy atom. The molecule has 0 unspecified atom stereocenters. The molecule has 0 spiro atoms. The molecule has 0 aliphatic rings. The van der Waals surface area contributed by atoms with Gasteiger partial charge in [-0.2, -0.15) is 16.7 Å². The number of phenolic OH excluding ortho intramolecular Hbond substituents is 1. The number of phenols is 1. The molecule has 4 nitrogen and oxygen atoms in total. The lowest BCUT2D eigenvalue weighted by molar-refractivity contribution is 0.378. The number of hydrogen-bond acceptors (Lipinski definition) is 5. The standard InChI is InChI=1S/C11H12N2O2S/c1-16-7-10-12-11(15-13-10)6-8-4-2-3-5-9(8)14/h2-5,14H,6-7H2,1H3. The van der Waals surface area contributed by atoms with Gasteiger partial charge in [0, 0.05) is 5.56 Å². The van der Waals surface area contributed by atoms with Gasteiger partial charge in [0.1, 0.15) is 5.75 Å². The van der Waals surface area contributed by atoms with E-state index in [2.05, 4.69) is 10.1 Å². The monoisotopic (exact) mass is 236 g/mol. The van der Waals surface area contributed by atoms with Gasteiger partial charge in [-0.25, -0.2) is 0 Å². The number of para-hydroxylation sites is 1. The van der Waals surface area contributed by atoms with Crippen LogP contribution < -0.4 is 0 Å². The summed E-state index contributed by atoms with van der Waals surface area (Å²) in [5.41, 5.74) is 0.793. The molecule has 5 heteroatoms. The second-order valence-corrected chi connectivity index (χ2v) is 4.21. The maximum Gasteiger partial charge on any atom is 0.231 e. The van der Waals surface area contributed by atoms with Gasteiger partial charge in [-0.15, -0.1) is 0 Å². The lowest BCUT2D eigenvalue weighted by Crippen LogP contribution is -1.89. The Morgan fingerprint density at radius 2 is 2.19 bits per heavy atom. The summed E-state index contributed by atoms with van der Waals surface area (Å²) in [6, 6.07) is 7.14. The molecule has 2 rings (SSSR count). The first kappa shape index (κ1) is 11.0. The van der Waals surface area contributed by atoms with Crippen LogP contribution in [0.15, 0.2) is 28.8 Å². The highest BCUT2D eigenvalue weighted by Crippen LogP contribution is 2.19. The normalized spacial score (nSPS) is 10.6. The van der Waals surface area contributed by atoms with E-state index in [9.17, 15) is 5.11 Å². The zero-order valence-corrected chi connectivity index (χ0v) is 9.70. The van der Waals surface area contributed by atoms with Crippen molar-refractivity contribution in [3.05, 3.63) is 41.5 Å². The zero-order chi connectivity index (χ0) is 11.4. The minimum atomic E-state index is 0.257. The largest absolute Gasteiger partial charge is 0.508 e. The number of rotatable bonds is 4. The zero-order valence-electron chi connectivity index (χ0n) is 8.88. The van der Waals surface area contributed by atoms with E-state index >= 15 is 0 Å². The Kier molecular flexibility index (Phi) is 3.46. The minimum absolute atomic E-state index is 0.257. The number of thioether (sulfide) groups is 1. The molecule has 0 saturated heterocycles. The van der Waals surface area contributed by atoms with E-state index in [4.69, 9.17) is 4.52 Å². The van der Waals surface area contributed by atoms with Crippen molar-refractivity contribution in [3.8, 4) is 5.75 Å². The van der Waals surface area contributed by atoms with Gasteiger partial charge in [-0.3, -0.25) is 0 Å². The first-order valence-electron chi connectivity index (χ1n) is 4.87. The third-order valence-corrected chi connectivity index (χ3v) is 2.66. The van der Waals surface area contributed by atoms with Crippen LogP contribution in [-0.2, 0) is 12.2 Å². The molecular formula is C11H12N2O2S. The number of benzene rings is 1. The molecule has 0 bridgehead atoms. The van der Waals surface area contributed by atoms with Gasteiger partial charge in [0.25, 0.3) is 0 Å². The summed E-state index contributed by atoms with van der Waals surface area (Å²) in [6.45, 7) is 0. The summed E-state index contributed by atoms with van der Waals surface area (Å²) in [7, 11) is 0. The molecule has 84 valence electrons. The van der Waals surface area contributed by atoms with Gasteiger partial charge in [0.15, 0.2) is 5.82 Å². The highest BCUT2D eigenvalue weighted by Gasteiger charge is 2.08. The van der Waals surface area contributed by atoms with E-state index in [1.165, 1.54) is 0 Å². The average Bonchev–Trinajstić information content (AvgIpc) is 2.70. The summed E-state index contributed by atoms with van der Waals surface area (Å²) < 4.78 is 5.09. The van der Waals surface area contributed by atoms with E-state index < -0.39 is 0 Å². The maximum atomic E-state index is 9.59. The average molecular weight is 236 g/mol. The SMILES string of the molecule is CSCc1noc(Cc2ccccc2O)n1. The quantitative estimate of drug-likeness (QED) is 0.882. The summed E-state index contributed by atoms with van der Waals surface area (Å²) in [6.07, 6.45) is 2.45. The Hall–Kier alpha value is -1.49. The van der Waals surface area contributed by atoms with E-state index in [1.54, 1.807) is 23.9 Å². The van der Waals surface area contributed by atoms with Crippen LogP contribution in [0, 0.1) is 0 Å². The summed E-state index contributed by atoms with van der Waals surface area (Å²) >= 11 is 1.64. The van der Waals surface area contributed by atoms with Crippen LogP contribution in [0.4, 0.5) is 0 Å². The Balaban J connectivity index is 2.11. The predicted molar refractivity (Wildman–Crippen MR) is 62.4 cm³/mol. The molecule has 0 radical (unpaired) electrons. The van der Waals surface area contributed by atoms with Gasteiger partial charge < -0.3 is 9.63 Å². The van der Waals surface area contributed by atoms with Crippen molar-refractivity contribution in [1.82, 2.24) is 10.1 Å². The fraction of sp³-hybridized carbons (Fsp3) is 0.273. The lowest BCUT2D eigenvalue weighted by Gasteiger charge is -1.99. The second kappa shape index (κ2) is 5.03. The van der Waals surface area contributed by atoms with Gasteiger partial charge in [0.05, 0.1) is 12.2 Å². The van der Waals surface area contributed by atoms with E-state index in [1.807, 2.05) is 18.4 Å². The molecule has 0 saturated carbocycles. The van der Waals surface area contributed by atoms with E-state index in [0.29, 0.717) is 18.1 Å². The number of aromatic nitrogens is 2. The Morgan fingerprint density at radius 3 is 2.94 bits per heavy atom.